The molecule has 0 bridgehead atoms. The van der Waals surface area contributed by atoms with E-state index < -0.39 is 0 Å². The summed E-state index contributed by atoms with van der Waals surface area (Å²) in [7, 11) is 1.95. The zero-order chi connectivity index (χ0) is 13.6. The zero-order valence-corrected chi connectivity index (χ0v) is 12.4. The van der Waals surface area contributed by atoms with Gasteiger partial charge >= 0.3 is 0 Å². The summed E-state index contributed by atoms with van der Waals surface area (Å²) in [4.78, 5) is 0. The van der Waals surface area contributed by atoms with Crippen LogP contribution >= 0.6 is 0 Å². The molecule has 4 nitrogen and oxygen atoms in total. The fourth-order valence-corrected chi connectivity index (χ4v) is 2.23. The highest BCUT2D eigenvalue weighted by molar-refractivity contribution is 5.11. The summed E-state index contributed by atoms with van der Waals surface area (Å²) in [5.41, 5.74) is 0.849. The van der Waals surface area contributed by atoms with E-state index in [2.05, 4.69) is 37.3 Å². The minimum atomic E-state index is -0.210. The number of aryl methyl sites for hydroxylation is 1. The van der Waals surface area contributed by atoms with Crippen molar-refractivity contribution in [2.24, 2.45) is 7.05 Å². The highest BCUT2D eigenvalue weighted by atomic mass is 16.5. The normalized spacial score (nSPS) is 16.5. The molecule has 2 unspecified atom stereocenters. The third-order valence-corrected chi connectivity index (χ3v) is 3.42. The van der Waals surface area contributed by atoms with Gasteiger partial charge in [0.15, 0.2) is 0 Å². The monoisotopic (exact) mass is 253 g/mol. The molecular formula is C14H27N3O. The largest absolute Gasteiger partial charge is 0.374 e. The minimum Gasteiger partial charge on any atom is -0.374 e. The van der Waals surface area contributed by atoms with Gasteiger partial charge in [0.25, 0.3) is 0 Å². The van der Waals surface area contributed by atoms with E-state index in [1.807, 2.05) is 24.9 Å². The van der Waals surface area contributed by atoms with Gasteiger partial charge in [0, 0.05) is 19.9 Å². The molecule has 2 atom stereocenters. The van der Waals surface area contributed by atoms with E-state index in [1.54, 1.807) is 0 Å². The number of nitrogens with one attached hydrogen (secondary N) is 1. The molecule has 0 aliphatic rings. The third kappa shape index (κ3) is 3.56. The molecule has 0 amide bonds. The van der Waals surface area contributed by atoms with Crippen molar-refractivity contribution in [1.82, 2.24) is 15.1 Å². The van der Waals surface area contributed by atoms with Gasteiger partial charge in [0.2, 0.25) is 0 Å². The molecule has 4 heteroatoms. The van der Waals surface area contributed by atoms with Gasteiger partial charge in [0.1, 0.15) is 0 Å². The first kappa shape index (κ1) is 15.2. The second-order valence-electron chi connectivity index (χ2n) is 4.90. The summed E-state index contributed by atoms with van der Waals surface area (Å²) < 4.78 is 7.83. The van der Waals surface area contributed by atoms with Crippen LogP contribution in [0.3, 0.4) is 0 Å². The van der Waals surface area contributed by atoms with Crippen LogP contribution in [-0.2, 0) is 11.8 Å². The molecule has 1 aromatic heterocycles. The summed E-state index contributed by atoms with van der Waals surface area (Å²) in [6.07, 6.45) is 4.05. The number of rotatable bonds is 8. The lowest BCUT2D eigenvalue weighted by Crippen LogP contribution is -2.44. The van der Waals surface area contributed by atoms with E-state index in [0.717, 1.165) is 31.7 Å². The first-order chi connectivity index (χ1) is 8.57. The van der Waals surface area contributed by atoms with Crippen LogP contribution in [0, 0.1) is 0 Å². The number of hydrogen-bond acceptors (Lipinski definition) is 3. The SMILES string of the molecule is CCCNC(c1ccn(C)n1)C(C)(CC)OCC. The summed E-state index contributed by atoms with van der Waals surface area (Å²) >= 11 is 0. The van der Waals surface area contributed by atoms with Gasteiger partial charge in [-0.25, -0.2) is 0 Å². The average molecular weight is 253 g/mol. The predicted octanol–water partition coefficient (Wildman–Crippen LogP) is 2.67. The van der Waals surface area contributed by atoms with Crippen molar-refractivity contribution in [2.45, 2.75) is 52.2 Å². The quantitative estimate of drug-likeness (QED) is 0.774. The van der Waals surface area contributed by atoms with Crippen LogP contribution in [0.4, 0.5) is 0 Å². The molecule has 1 N–H and O–H groups in total. The lowest BCUT2D eigenvalue weighted by Gasteiger charge is -2.36. The molecule has 0 aliphatic carbocycles. The Labute approximate surface area is 111 Å². The highest BCUT2D eigenvalue weighted by Crippen LogP contribution is 2.31. The molecule has 18 heavy (non-hydrogen) atoms. The topological polar surface area (TPSA) is 39.1 Å². The molecule has 0 radical (unpaired) electrons. The molecule has 104 valence electrons. The van der Waals surface area contributed by atoms with E-state index in [0.29, 0.717) is 0 Å². The molecule has 0 aliphatic heterocycles. The number of nitrogens with zero attached hydrogens (tertiary/aromatic N) is 2. The first-order valence-electron chi connectivity index (χ1n) is 6.94. The maximum atomic E-state index is 5.99. The van der Waals surface area contributed by atoms with Gasteiger partial charge in [-0.2, -0.15) is 5.10 Å². The lowest BCUT2D eigenvalue weighted by atomic mass is 9.90. The lowest BCUT2D eigenvalue weighted by molar-refractivity contribution is -0.0573. The van der Waals surface area contributed by atoms with E-state index in [4.69, 9.17) is 4.74 Å². The fourth-order valence-electron chi connectivity index (χ4n) is 2.23. The van der Waals surface area contributed by atoms with Crippen LogP contribution in [-0.4, -0.2) is 28.5 Å². The molecule has 1 rings (SSSR count). The predicted molar refractivity (Wildman–Crippen MR) is 74.6 cm³/mol. The standard InChI is InChI=1S/C14H27N3O/c1-6-10-15-13(12-9-11-17(5)16-12)14(4,7-2)18-8-3/h9,11,13,15H,6-8,10H2,1-5H3. The maximum absolute atomic E-state index is 5.99. The summed E-state index contributed by atoms with van der Waals surface area (Å²) in [5, 5.41) is 8.11. The van der Waals surface area contributed by atoms with Crippen molar-refractivity contribution in [2.75, 3.05) is 13.2 Å². The molecule has 0 saturated heterocycles. The van der Waals surface area contributed by atoms with Crippen LogP contribution in [0.15, 0.2) is 12.3 Å². The van der Waals surface area contributed by atoms with Crippen molar-refractivity contribution in [3.8, 4) is 0 Å². The Morgan fingerprint density at radius 3 is 2.61 bits per heavy atom. The van der Waals surface area contributed by atoms with Crippen LogP contribution in [0.25, 0.3) is 0 Å². The van der Waals surface area contributed by atoms with E-state index >= 15 is 0 Å². The van der Waals surface area contributed by atoms with Crippen molar-refractivity contribution < 1.29 is 4.74 Å². The van der Waals surface area contributed by atoms with Crippen LogP contribution in [0.1, 0.15) is 52.3 Å². The Hall–Kier alpha value is -0.870. The number of ether oxygens (including phenoxy) is 1. The fraction of sp³-hybridized carbons (Fsp3) is 0.786. The Kier molecular flexibility index (Phi) is 5.82. The first-order valence-corrected chi connectivity index (χ1v) is 6.94. The van der Waals surface area contributed by atoms with Crippen LogP contribution < -0.4 is 5.32 Å². The van der Waals surface area contributed by atoms with E-state index in [1.165, 1.54) is 0 Å². The molecule has 0 spiro atoms. The zero-order valence-electron chi connectivity index (χ0n) is 12.4. The summed E-state index contributed by atoms with van der Waals surface area (Å²) in [6, 6.07) is 2.21. The van der Waals surface area contributed by atoms with Crippen molar-refractivity contribution in [1.29, 1.82) is 0 Å². The average Bonchev–Trinajstić information content (AvgIpc) is 2.76. The summed E-state index contributed by atoms with van der Waals surface area (Å²) in [6.45, 7) is 10.2. The van der Waals surface area contributed by atoms with E-state index in [-0.39, 0.29) is 11.6 Å². The third-order valence-electron chi connectivity index (χ3n) is 3.42. The highest BCUT2D eigenvalue weighted by Gasteiger charge is 2.35. The Balaban J connectivity index is 2.95. The minimum absolute atomic E-state index is 0.142. The van der Waals surface area contributed by atoms with Gasteiger partial charge in [-0.15, -0.1) is 0 Å². The molecule has 1 heterocycles. The molecule has 1 aromatic rings. The second kappa shape index (κ2) is 6.90. The molecular weight excluding hydrogens is 226 g/mol. The van der Waals surface area contributed by atoms with E-state index in [9.17, 15) is 0 Å². The Morgan fingerprint density at radius 1 is 1.44 bits per heavy atom. The van der Waals surface area contributed by atoms with Gasteiger partial charge < -0.3 is 10.1 Å². The van der Waals surface area contributed by atoms with Crippen molar-refractivity contribution in [3.63, 3.8) is 0 Å². The summed E-state index contributed by atoms with van der Waals surface area (Å²) in [5.74, 6) is 0. The van der Waals surface area contributed by atoms with Gasteiger partial charge in [-0.05, 0) is 39.3 Å². The van der Waals surface area contributed by atoms with Gasteiger partial charge in [-0.3, -0.25) is 4.68 Å². The maximum Gasteiger partial charge on any atom is 0.0861 e. The van der Waals surface area contributed by atoms with Gasteiger partial charge in [-0.1, -0.05) is 13.8 Å². The molecule has 0 aromatic carbocycles. The van der Waals surface area contributed by atoms with Crippen molar-refractivity contribution >= 4 is 0 Å². The Morgan fingerprint density at radius 2 is 2.17 bits per heavy atom. The van der Waals surface area contributed by atoms with Crippen molar-refractivity contribution in [3.05, 3.63) is 18.0 Å². The number of hydrogen-bond donors (Lipinski definition) is 1. The van der Waals surface area contributed by atoms with Crippen LogP contribution in [0.5, 0.6) is 0 Å². The molecule has 0 fully saturated rings. The number of aromatic nitrogens is 2. The van der Waals surface area contributed by atoms with Crippen LogP contribution in [0.2, 0.25) is 0 Å². The Bertz CT molecular complexity index is 351. The smallest absolute Gasteiger partial charge is 0.0861 e. The second-order valence-corrected chi connectivity index (χ2v) is 4.90. The van der Waals surface area contributed by atoms with Gasteiger partial charge in [0.05, 0.1) is 17.3 Å². The molecule has 0 saturated carbocycles.